The number of thioether (sulfide) groups is 1. The summed E-state index contributed by atoms with van der Waals surface area (Å²) in [6.07, 6.45) is 3.54. The van der Waals surface area contributed by atoms with Crippen LogP contribution in [0.3, 0.4) is 0 Å². The molecule has 2 rings (SSSR count). The number of rotatable bonds is 3. The fourth-order valence-corrected chi connectivity index (χ4v) is 4.23. The predicted octanol–water partition coefficient (Wildman–Crippen LogP) is 2.40. The molecule has 0 radical (unpaired) electrons. The van der Waals surface area contributed by atoms with E-state index in [0.29, 0.717) is 12.3 Å². The molecule has 1 spiro atoms. The maximum absolute atomic E-state index is 10.7. The van der Waals surface area contributed by atoms with Gasteiger partial charge in [0.25, 0.3) is 0 Å². The largest absolute Gasteiger partial charge is 0.481 e. The highest BCUT2D eigenvalue weighted by molar-refractivity contribution is 7.99. The van der Waals surface area contributed by atoms with Crippen LogP contribution in [-0.4, -0.2) is 34.8 Å². The molecule has 3 atom stereocenters. The lowest BCUT2D eigenvalue weighted by molar-refractivity contribution is -0.140. The fraction of sp³-hybridized carbons (Fsp3) is 0.917. The molecule has 2 heterocycles. The van der Waals surface area contributed by atoms with Crippen LogP contribution in [0.5, 0.6) is 0 Å². The number of hydrogen-bond acceptors (Lipinski definition) is 3. The molecule has 4 heteroatoms. The molecular formula is C12H20O3S. The van der Waals surface area contributed by atoms with E-state index in [-0.39, 0.29) is 11.5 Å². The van der Waals surface area contributed by atoms with E-state index in [9.17, 15) is 4.79 Å². The SMILES string of the molecule is CC(CC(=O)O)C1CCOC2(CCSC2)C1. The molecule has 0 aromatic carbocycles. The van der Waals surface area contributed by atoms with Gasteiger partial charge in [-0.05, 0) is 36.9 Å². The quantitative estimate of drug-likeness (QED) is 0.828. The van der Waals surface area contributed by atoms with Crippen LogP contribution in [0.1, 0.15) is 32.6 Å². The first-order chi connectivity index (χ1) is 7.61. The van der Waals surface area contributed by atoms with Crippen molar-refractivity contribution in [2.24, 2.45) is 11.8 Å². The molecular weight excluding hydrogens is 224 g/mol. The van der Waals surface area contributed by atoms with Gasteiger partial charge in [0.05, 0.1) is 5.60 Å². The summed E-state index contributed by atoms with van der Waals surface area (Å²) in [5.41, 5.74) is 0.0837. The van der Waals surface area contributed by atoms with Crippen molar-refractivity contribution >= 4 is 17.7 Å². The summed E-state index contributed by atoms with van der Waals surface area (Å²) in [5.74, 6) is 2.44. The van der Waals surface area contributed by atoms with Crippen molar-refractivity contribution in [3.05, 3.63) is 0 Å². The van der Waals surface area contributed by atoms with Crippen LogP contribution in [0.25, 0.3) is 0 Å². The second-order valence-corrected chi connectivity index (χ2v) is 6.27. The van der Waals surface area contributed by atoms with E-state index < -0.39 is 5.97 Å². The first-order valence-electron chi connectivity index (χ1n) is 6.05. The first-order valence-corrected chi connectivity index (χ1v) is 7.20. The van der Waals surface area contributed by atoms with Crippen LogP contribution in [0.15, 0.2) is 0 Å². The van der Waals surface area contributed by atoms with Gasteiger partial charge in [-0.2, -0.15) is 11.8 Å². The van der Waals surface area contributed by atoms with E-state index in [0.717, 1.165) is 31.6 Å². The monoisotopic (exact) mass is 244 g/mol. The molecule has 0 bridgehead atoms. The Morgan fingerprint density at radius 1 is 1.69 bits per heavy atom. The van der Waals surface area contributed by atoms with Gasteiger partial charge in [-0.1, -0.05) is 6.92 Å². The number of hydrogen-bond donors (Lipinski definition) is 1. The van der Waals surface area contributed by atoms with Crippen molar-refractivity contribution in [1.82, 2.24) is 0 Å². The van der Waals surface area contributed by atoms with Gasteiger partial charge in [-0.3, -0.25) is 4.79 Å². The third kappa shape index (κ3) is 2.72. The van der Waals surface area contributed by atoms with Crippen molar-refractivity contribution in [2.75, 3.05) is 18.1 Å². The number of carboxylic acid groups (broad SMARTS) is 1. The molecule has 2 saturated heterocycles. The molecule has 1 N–H and O–H groups in total. The zero-order chi connectivity index (χ0) is 11.6. The lowest BCUT2D eigenvalue weighted by atomic mass is 9.77. The standard InChI is InChI=1S/C12H20O3S/c1-9(6-11(13)14)10-2-4-15-12(7-10)3-5-16-8-12/h9-10H,2-8H2,1H3,(H,13,14). The van der Waals surface area contributed by atoms with E-state index >= 15 is 0 Å². The van der Waals surface area contributed by atoms with Crippen LogP contribution >= 0.6 is 11.8 Å². The van der Waals surface area contributed by atoms with E-state index in [4.69, 9.17) is 9.84 Å². The Morgan fingerprint density at radius 2 is 2.50 bits per heavy atom. The molecule has 3 nitrogen and oxygen atoms in total. The van der Waals surface area contributed by atoms with Gasteiger partial charge in [0.1, 0.15) is 0 Å². The van der Waals surface area contributed by atoms with Gasteiger partial charge in [-0.25, -0.2) is 0 Å². The molecule has 3 unspecified atom stereocenters. The normalized spacial score (nSPS) is 36.4. The Morgan fingerprint density at radius 3 is 3.12 bits per heavy atom. The van der Waals surface area contributed by atoms with Crippen LogP contribution in [-0.2, 0) is 9.53 Å². The van der Waals surface area contributed by atoms with Crippen molar-refractivity contribution in [3.8, 4) is 0 Å². The Balaban J connectivity index is 1.93. The van der Waals surface area contributed by atoms with E-state index in [2.05, 4.69) is 6.92 Å². The maximum Gasteiger partial charge on any atom is 0.303 e. The molecule has 2 aliphatic heterocycles. The molecule has 0 saturated carbocycles. The minimum absolute atomic E-state index is 0.0837. The van der Waals surface area contributed by atoms with Gasteiger partial charge >= 0.3 is 5.97 Å². The van der Waals surface area contributed by atoms with Crippen molar-refractivity contribution in [1.29, 1.82) is 0 Å². The second kappa shape index (κ2) is 4.96. The zero-order valence-electron chi connectivity index (χ0n) is 9.78. The van der Waals surface area contributed by atoms with E-state index in [1.807, 2.05) is 11.8 Å². The summed E-state index contributed by atoms with van der Waals surface area (Å²) < 4.78 is 5.94. The highest BCUT2D eigenvalue weighted by Gasteiger charge is 2.41. The highest BCUT2D eigenvalue weighted by Crippen LogP contribution is 2.42. The third-order valence-corrected chi connectivity index (χ3v) is 5.12. The topological polar surface area (TPSA) is 46.5 Å². The highest BCUT2D eigenvalue weighted by atomic mass is 32.2. The van der Waals surface area contributed by atoms with E-state index in [1.54, 1.807) is 0 Å². The maximum atomic E-state index is 10.7. The smallest absolute Gasteiger partial charge is 0.303 e. The lowest BCUT2D eigenvalue weighted by Gasteiger charge is -2.39. The summed E-state index contributed by atoms with van der Waals surface area (Å²) in [5, 5.41) is 8.84. The van der Waals surface area contributed by atoms with Gasteiger partial charge < -0.3 is 9.84 Å². The minimum atomic E-state index is -0.672. The lowest BCUT2D eigenvalue weighted by Crippen LogP contribution is -2.41. The molecule has 92 valence electrons. The third-order valence-electron chi connectivity index (χ3n) is 3.90. The zero-order valence-corrected chi connectivity index (χ0v) is 10.6. The second-order valence-electron chi connectivity index (χ2n) is 5.16. The van der Waals surface area contributed by atoms with Crippen molar-refractivity contribution in [2.45, 2.75) is 38.2 Å². The number of carboxylic acids is 1. The molecule has 0 aliphatic carbocycles. The van der Waals surface area contributed by atoms with Gasteiger partial charge in [0.2, 0.25) is 0 Å². The summed E-state index contributed by atoms with van der Waals surface area (Å²) in [6.45, 7) is 2.88. The number of ether oxygens (including phenoxy) is 1. The fourth-order valence-electron chi connectivity index (χ4n) is 2.86. The molecule has 2 fully saturated rings. The molecule has 0 aromatic rings. The first kappa shape index (κ1) is 12.2. The molecule has 0 aromatic heterocycles. The van der Waals surface area contributed by atoms with Gasteiger partial charge in [0, 0.05) is 18.8 Å². The minimum Gasteiger partial charge on any atom is -0.481 e. The molecule has 0 amide bonds. The summed E-state index contributed by atoms with van der Waals surface area (Å²) in [6, 6.07) is 0. The predicted molar refractivity (Wildman–Crippen MR) is 64.8 cm³/mol. The Labute approximate surface area is 101 Å². The van der Waals surface area contributed by atoms with E-state index in [1.165, 1.54) is 5.75 Å². The summed E-state index contributed by atoms with van der Waals surface area (Å²) >= 11 is 1.97. The average Bonchev–Trinajstić information content (AvgIpc) is 2.65. The summed E-state index contributed by atoms with van der Waals surface area (Å²) in [4.78, 5) is 10.7. The Kier molecular flexibility index (Phi) is 3.80. The number of aliphatic carboxylic acids is 1. The average molecular weight is 244 g/mol. The van der Waals surface area contributed by atoms with Crippen LogP contribution < -0.4 is 0 Å². The van der Waals surface area contributed by atoms with Crippen molar-refractivity contribution < 1.29 is 14.6 Å². The Bertz CT molecular complexity index is 261. The van der Waals surface area contributed by atoms with Crippen LogP contribution in [0.4, 0.5) is 0 Å². The van der Waals surface area contributed by atoms with Crippen molar-refractivity contribution in [3.63, 3.8) is 0 Å². The van der Waals surface area contributed by atoms with Gasteiger partial charge in [0.15, 0.2) is 0 Å². The number of carbonyl (C=O) groups is 1. The summed E-state index contributed by atoms with van der Waals surface area (Å²) in [7, 11) is 0. The van der Waals surface area contributed by atoms with Gasteiger partial charge in [-0.15, -0.1) is 0 Å². The Hall–Kier alpha value is -0.220. The van der Waals surface area contributed by atoms with Crippen LogP contribution in [0.2, 0.25) is 0 Å². The molecule has 2 aliphatic rings. The molecule has 16 heavy (non-hydrogen) atoms. The van der Waals surface area contributed by atoms with Crippen LogP contribution in [0, 0.1) is 11.8 Å².